The third-order valence-electron chi connectivity index (χ3n) is 3.92. The van der Waals surface area contributed by atoms with Crippen LogP contribution in [0.5, 0.6) is 0 Å². The number of hydrogen-bond donors (Lipinski definition) is 2. The van der Waals surface area contributed by atoms with Gasteiger partial charge in [-0.1, -0.05) is 11.6 Å². The maximum absolute atomic E-state index is 12.1. The van der Waals surface area contributed by atoms with Crippen LogP contribution in [0.2, 0.25) is 5.02 Å². The number of carbonyl (C=O) groups is 1. The summed E-state index contributed by atoms with van der Waals surface area (Å²) in [6.45, 7) is 2.32. The molecule has 1 fully saturated rings. The Kier molecular flexibility index (Phi) is 4.87. The number of nitrogens with one attached hydrogen (secondary N) is 2. The third kappa shape index (κ3) is 4.05. The second-order valence-electron chi connectivity index (χ2n) is 5.83. The Morgan fingerprint density at radius 2 is 1.72 bits per heavy atom. The molecule has 0 unspecified atom stereocenters. The number of amides is 2. The molecule has 132 valence electrons. The second kappa shape index (κ2) is 6.93. The van der Waals surface area contributed by atoms with E-state index in [1.54, 1.807) is 42.5 Å². The molecule has 6 nitrogen and oxygen atoms in total. The molecular formula is C17H18ClN3O3S. The van der Waals surface area contributed by atoms with E-state index in [0.29, 0.717) is 35.1 Å². The van der Waals surface area contributed by atoms with Crippen molar-refractivity contribution in [1.82, 2.24) is 0 Å². The highest BCUT2D eigenvalue weighted by Crippen LogP contribution is 2.29. The fraction of sp³-hybridized carbons (Fsp3) is 0.235. The van der Waals surface area contributed by atoms with E-state index in [0.717, 1.165) is 5.56 Å². The minimum absolute atomic E-state index is 0.177. The van der Waals surface area contributed by atoms with Crippen molar-refractivity contribution in [3.05, 3.63) is 53.1 Å². The molecule has 25 heavy (non-hydrogen) atoms. The van der Waals surface area contributed by atoms with Crippen LogP contribution in [0.3, 0.4) is 0 Å². The molecule has 0 atom stereocenters. The van der Waals surface area contributed by atoms with E-state index in [2.05, 4.69) is 10.6 Å². The van der Waals surface area contributed by atoms with Crippen molar-refractivity contribution in [1.29, 1.82) is 0 Å². The summed E-state index contributed by atoms with van der Waals surface area (Å²) in [5, 5.41) is 6.03. The van der Waals surface area contributed by atoms with Crippen LogP contribution in [0.15, 0.2) is 42.5 Å². The monoisotopic (exact) mass is 379 g/mol. The van der Waals surface area contributed by atoms with Crippen molar-refractivity contribution in [2.45, 2.75) is 13.3 Å². The van der Waals surface area contributed by atoms with Crippen molar-refractivity contribution in [2.24, 2.45) is 0 Å². The van der Waals surface area contributed by atoms with Crippen LogP contribution in [0.1, 0.15) is 12.0 Å². The Bertz CT molecular complexity index is 898. The molecule has 2 aromatic carbocycles. The normalized spacial score (nSPS) is 15.8. The second-order valence-corrected chi connectivity index (χ2v) is 8.28. The minimum atomic E-state index is -3.22. The van der Waals surface area contributed by atoms with Gasteiger partial charge in [0.1, 0.15) is 0 Å². The molecule has 1 saturated heterocycles. The molecule has 0 aromatic heterocycles. The van der Waals surface area contributed by atoms with Gasteiger partial charge in [0, 0.05) is 22.9 Å². The predicted octanol–water partition coefficient (Wildman–Crippen LogP) is 3.83. The lowest BCUT2D eigenvalue weighted by Crippen LogP contribution is -2.26. The zero-order chi connectivity index (χ0) is 18.0. The molecule has 0 bridgehead atoms. The van der Waals surface area contributed by atoms with Crippen LogP contribution in [0.4, 0.5) is 21.9 Å². The van der Waals surface area contributed by atoms with Gasteiger partial charge in [0.2, 0.25) is 10.0 Å². The fourth-order valence-electron chi connectivity index (χ4n) is 2.75. The number of hydrogen-bond acceptors (Lipinski definition) is 3. The number of benzene rings is 2. The van der Waals surface area contributed by atoms with Crippen LogP contribution in [-0.4, -0.2) is 26.7 Å². The summed E-state index contributed by atoms with van der Waals surface area (Å²) in [6, 6.07) is 11.6. The van der Waals surface area contributed by atoms with Crippen LogP contribution in [0.25, 0.3) is 0 Å². The van der Waals surface area contributed by atoms with Gasteiger partial charge in [0.15, 0.2) is 0 Å². The zero-order valence-corrected chi connectivity index (χ0v) is 15.2. The molecule has 0 saturated carbocycles. The molecular weight excluding hydrogens is 362 g/mol. The zero-order valence-electron chi connectivity index (χ0n) is 13.6. The van der Waals surface area contributed by atoms with E-state index in [9.17, 15) is 13.2 Å². The van der Waals surface area contributed by atoms with Gasteiger partial charge in [0.05, 0.1) is 11.4 Å². The molecule has 2 aromatic rings. The smallest absolute Gasteiger partial charge is 0.308 e. The Labute approximate surface area is 151 Å². The summed E-state index contributed by atoms with van der Waals surface area (Å²) < 4.78 is 25.5. The van der Waals surface area contributed by atoms with Crippen molar-refractivity contribution < 1.29 is 13.2 Å². The van der Waals surface area contributed by atoms with Crippen LogP contribution >= 0.6 is 11.6 Å². The van der Waals surface area contributed by atoms with Gasteiger partial charge in [-0.15, -0.1) is 0 Å². The SMILES string of the molecule is Cc1cc(NC(=O)Nc2ccc(Cl)cc2)ccc1N1CCCS1(=O)=O. The summed E-state index contributed by atoms with van der Waals surface area (Å²) in [4.78, 5) is 12.1. The van der Waals surface area contributed by atoms with E-state index in [1.165, 1.54) is 4.31 Å². The van der Waals surface area contributed by atoms with Gasteiger partial charge >= 0.3 is 6.03 Å². The first kappa shape index (κ1) is 17.6. The quantitative estimate of drug-likeness (QED) is 0.850. The summed E-state index contributed by atoms with van der Waals surface area (Å²) in [5.74, 6) is 0.177. The number of anilines is 3. The Morgan fingerprint density at radius 1 is 1.08 bits per heavy atom. The summed E-state index contributed by atoms with van der Waals surface area (Å²) >= 11 is 5.81. The lowest BCUT2D eigenvalue weighted by Gasteiger charge is -2.20. The number of rotatable bonds is 3. The first-order valence-electron chi connectivity index (χ1n) is 7.80. The molecule has 2 amide bonds. The van der Waals surface area contributed by atoms with E-state index in [1.807, 2.05) is 6.92 Å². The van der Waals surface area contributed by atoms with Gasteiger partial charge in [-0.2, -0.15) is 0 Å². The highest BCUT2D eigenvalue weighted by atomic mass is 35.5. The molecule has 3 rings (SSSR count). The average molecular weight is 380 g/mol. The fourth-order valence-corrected chi connectivity index (χ4v) is 4.50. The van der Waals surface area contributed by atoms with Crippen LogP contribution < -0.4 is 14.9 Å². The summed E-state index contributed by atoms with van der Waals surface area (Å²) in [7, 11) is -3.22. The standard InChI is InChI=1S/C17H18ClN3O3S/c1-12-11-15(7-8-16(12)21-9-2-10-25(21,23)24)20-17(22)19-14-5-3-13(18)4-6-14/h3-8,11H,2,9-10H2,1H3,(H2,19,20,22). The average Bonchev–Trinajstić information content (AvgIpc) is 2.89. The first-order valence-corrected chi connectivity index (χ1v) is 9.78. The van der Waals surface area contributed by atoms with E-state index < -0.39 is 10.0 Å². The summed E-state index contributed by atoms with van der Waals surface area (Å²) in [5.41, 5.74) is 2.65. The Balaban J connectivity index is 1.70. The molecule has 2 N–H and O–H groups in total. The molecule has 8 heteroatoms. The van der Waals surface area contributed by atoms with Gasteiger partial charge in [0.25, 0.3) is 0 Å². The number of urea groups is 1. The lowest BCUT2D eigenvalue weighted by atomic mass is 10.1. The Morgan fingerprint density at radius 3 is 2.32 bits per heavy atom. The van der Waals surface area contributed by atoms with Crippen LogP contribution in [-0.2, 0) is 10.0 Å². The molecule has 1 heterocycles. The molecule has 1 aliphatic rings. The van der Waals surface area contributed by atoms with Gasteiger partial charge in [-0.25, -0.2) is 13.2 Å². The maximum atomic E-state index is 12.1. The summed E-state index contributed by atoms with van der Waals surface area (Å²) in [6.07, 6.45) is 0.630. The third-order valence-corrected chi connectivity index (χ3v) is 6.03. The highest BCUT2D eigenvalue weighted by Gasteiger charge is 2.29. The van der Waals surface area contributed by atoms with Gasteiger partial charge in [-0.05, 0) is 61.4 Å². The maximum Gasteiger partial charge on any atom is 0.323 e. The number of sulfonamides is 1. The Hall–Kier alpha value is -2.25. The predicted molar refractivity (Wildman–Crippen MR) is 101 cm³/mol. The van der Waals surface area contributed by atoms with Crippen LogP contribution in [0, 0.1) is 6.92 Å². The van der Waals surface area contributed by atoms with Gasteiger partial charge in [-0.3, -0.25) is 4.31 Å². The van der Waals surface area contributed by atoms with Crippen molar-refractivity contribution >= 4 is 44.7 Å². The van der Waals surface area contributed by atoms with E-state index in [-0.39, 0.29) is 11.8 Å². The molecule has 0 spiro atoms. The van der Waals surface area contributed by atoms with Crippen molar-refractivity contribution in [2.75, 3.05) is 27.2 Å². The number of aryl methyl sites for hydroxylation is 1. The van der Waals surface area contributed by atoms with Crippen molar-refractivity contribution in [3.63, 3.8) is 0 Å². The van der Waals surface area contributed by atoms with E-state index in [4.69, 9.17) is 11.6 Å². The number of halogens is 1. The van der Waals surface area contributed by atoms with E-state index >= 15 is 0 Å². The molecule has 0 radical (unpaired) electrons. The van der Waals surface area contributed by atoms with Gasteiger partial charge < -0.3 is 10.6 Å². The lowest BCUT2D eigenvalue weighted by molar-refractivity contribution is 0.262. The molecule has 1 aliphatic heterocycles. The molecule has 0 aliphatic carbocycles. The number of carbonyl (C=O) groups excluding carboxylic acids is 1. The number of nitrogens with zero attached hydrogens (tertiary/aromatic N) is 1. The topological polar surface area (TPSA) is 78.5 Å². The highest BCUT2D eigenvalue weighted by molar-refractivity contribution is 7.93. The van der Waals surface area contributed by atoms with Crippen molar-refractivity contribution in [3.8, 4) is 0 Å². The largest absolute Gasteiger partial charge is 0.323 e. The minimum Gasteiger partial charge on any atom is -0.308 e. The first-order chi connectivity index (χ1) is 11.8.